The molecule has 0 bridgehead atoms. The van der Waals surface area contributed by atoms with E-state index in [1.807, 2.05) is 0 Å². The first-order chi connectivity index (χ1) is 10.0. The van der Waals surface area contributed by atoms with Gasteiger partial charge in [0, 0.05) is 24.8 Å². The Morgan fingerprint density at radius 2 is 1.91 bits per heavy atom. The quantitative estimate of drug-likeness (QED) is 0.894. The van der Waals surface area contributed by atoms with Crippen molar-refractivity contribution < 1.29 is 23.1 Å². The second-order valence-electron chi connectivity index (χ2n) is 5.37. The first kappa shape index (κ1) is 18.2. The smallest absolute Gasteiger partial charge is 0.392 e. The van der Waals surface area contributed by atoms with E-state index < -0.39 is 35.9 Å². The number of hydrogen-bond donors (Lipinski definition) is 1. The number of carbonyl (C=O) groups excluding carboxylic acids is 1. The zero-order chi connectivity index (χ0) is 17.1. The molecule has 1 rings (SSSR count). The minimum Gasteiger partial charge on any atom is -0.392 e. The molecule has 1 aromatic rings. The number of pyridine rings is 1. The first-order valence-electron chi connectivity index (χ1n) is 6.77. The van der Waals surface area contributed by atoms with E-state index in [4.69, 9.17) is 0 Å². The summed E-state index contributed by atoms with van der Waals surface area (Å²) in [6, 6.07) is 1.22. The SMILES string of the molecule is CC(O)CN(C(=O)Cn1cc(C(F)(F)F)ccc1=O)C(C)C. The zero-order valence-electron chi connectivity index (χ0n) is 12.6. The number of aliphatic hydroxyl groups is 1. The van der Waals surface area contributed by atoms with Crippen molar-refractivity contribution in [3.05, 3.63) is 34.2 Å². The normalized spacial score (nSPS) is 13.3. The van der Waals surface area contributed by atoms with Gasteiger partial charge in [0.1, 0.15) is 6.54 Å². The van der Waals surface area contributed by atoms with Crippen LogP contribution in [-0.4, -0.2) is 39.2 Å². The molecule has 0 saturated carbocycles. The number of nitrogens with zero attached hydrogens (tertiary/aromatic N) is 2. The van der Waals surface area contributed by atoms with E-state index in [1.54, 1.807) is 13.8 Å². The van der Waals surface area contributed by atoms with Gasteiger partial charge in [-0.2, -0.15) is 13.2 Å². The van der Waals surface area contributed by atoms with Gasteiger partial charge in [0.2, 0.25) is 5.91 Å². The van der Waals surface area contributed by atoms with E-state index in [0.29, 0.717) is 12.3 Å². The highest BCUT2D eigenvalue weighted by atomic mass is 19.4. The average molecular weight is 320 g/mol. The summed E-state index contributed by atoms with van der Waals surface area (Å²) in [5.74, 6) is -0.530. The van der Waals surface area contributed by atoms with Gasteiger partial charge in [0.25, 0.3) is 5.56 Å². The molecule has 1 unspecified atom stereocenters. The fraction of sp³-hybridized carbons (Fsp3) is 0.571. The van der Waals surface area contributed by atoms with Crippen LogP contribution in [0.4, 0.5) is 13.2 Å². The molecule has 1 atom stereocenters. The molecule has 0 aliphatic carbocycles. The van der Waals surface area contributed by atoms with Crippen molar-refractivity contribution in [1.82, 2.24) is 9.47 Å². The first-order valence-corrected chi connectivity index (χ1v) is 6.77. The number of carbonyl (C=O) groups is 1. The van der Waals surface area contributed by atoms with Crippen LogP contribution in [0.3, 0.4) is 0 Å². The van der Waals surface area contributed by atoms with Gasteiger partial charge in [-0.05, 0) is 26.8 Å². The fourth-order valence-corrected chi connectivity index (χ4v) is 1.94. The Hall–Kier alpha value is -1.83. The molecule has 5 nitrogen and oxygen atoms in total. The fourth-order valence-electron chi connectivity index (χ4n) is 1.94. The molecule has 0 fully saturated rings. The third-order valence-electron chi connectivity index (χ3n) is 3.02. The zero-order valence-corrected chi connectivity index (χ0v) is 12.6. The molecule has 1 amide bonds. The summed E-state index contributed by atoms with van der Waals surface area (Å²) in [5, 5.41) is 9.38. The van der Waals surface area contributed by atoms with E-state index >= 15 is 0 Å². The molecule has 22 heavy (non-hydrogen) atoms. The van der Waals surface area contributed by atoms with Crippen molar-refractivity contribution in [3.8, 4) is 0 Å². The number of alkyl halides is 3. The van der Waals surface area contributed by atoms with Crippen LogP contribution in [0.5, 0.6) is 0 Å². The second kappa shape index (κ2) is 6.95. The van der Waals surface area contributed by atoms with Gasteiger partial charge in [-0.25, -0.2) is 0 Å². The van der Waals surface area contributed by atoms with E-state index in [2.05, 4.69) is 0 Å². The number of amides is 1. The molecule has 0 aliphatic rings. The minimum absolute atomic E-state index is 0.0458. The monoisotopic (exact) mass is 320 g/mol. The van der Waals surface area contributed by atoms with Gasteiger partial charge in [-0.1, -0.05) is 0 Å². The molecule has 0 saturated heterocycles. The maximum atomic E-state index is 12.7. The Bertz CT molecular complexity index is 579. The number of halogens is 3. The van der Waals surface area contributed by atoms with Crippen molar-refractivity contribution >= 4 is 5.91 Å². The third-order valence-corrected chi connectivity index (χ3v) is 3.02. The summed E-state index contributed by atoms with van der Waals surface area (Å²) in [6.45, 7) is 4.47. The average Bonchev–Trinajstić information content (AvgIpc) is 2.36. The summed E-state index contributed by atoms with van der Waals surface area (Å²) in [7, 11) is 0. The summed E-state index contributed by atoms with van der Waals surface area (Å²) in [5.41, 5.74) is -1.69. The molecule has 0 aromatic carbocycles. The lowest BCUT2D eigenvalue weighted by Gasteiger charge is -2.28. The van der Waals surface area contributed by atoms with Crippen LogP contribution in [0.1, 0.15) is 26.3 Å². The van der Waals surface area contributed by atoms with E-state index in [1.165, 1.54) is 11.8 Å². The lowest BCUT2D eigenvalue weighted by molar-refractivity contribution is -0.139. The van der Waals surface area contributed by atoms with Gasteiger partial charge in [-0.3, -0.25) is 9.59 Å². The Kier molecular flexibility index (Phi) is 5.76. The molecule has 1 heterocycles. The van der Waals surface area contributed by atoms with Crippen LogP contribution in [0.25, 0.3) is 0 Å². The van der Waals surface area contributed by atoms with Gasteiger partial charge in [0.15, 0.2) is 0 Å². The topological polar surface area (TPSA) is 62.5 Å². The van der Waals surface area contributed by atoms with Crippen LogP contribution >= 0.6 is 0 Å². The lowest BCUT2D eigenvalue weighted by atomic mass is 10.2. The molecule has 0 spiro atoms. The van der Waals surface area contributed by atoms with Gasteiger partial charge >= 0.3 is 6.18 Å². The standard InChI is InChI=1S/C14H19F3N2O3/c1-9(2)19(6-10(3)20)13(22)8-18-7-11(14(15,16)17)4-5-12(18)21/h4-5,7,9-10,20H,6,8H2,1-3H3. The summed E-state index contributed by atoms with van der Waals surface area (Å²) >= 11 is 0. The predicted molar refractivity (Wildman–Crippen MR) is 74.2 cm³/mol. The Balaban J connectivity index is 3.02. The van der Waals surface area contributed by atoms with Gasteiger partial charge in [0.05, 0.1) is 11.7 Å². The number of aromatic nitrogens is 1. The number of aliphatic hydroxyl groups excluding tert-OH is 1. The van der Waals surface area contributed by atoms with Crippen molar-refractivity contribution in [2.75, 3.05) is 6.54 Å². The van der Waals surface area contributed by atoms with Crippen molar-refractivity contribution in [2.24, 2.45) is 0 Å². The summed E-state index contributed by atoms with van der Waals surface area (Å²) in [6.07, 6.45) is -4.73. The Labute approximate surface area is 126 Å². The third kappa shape index (κ3) is 4.87. The highest BCUT2D eigenvalue weighted by Crippen LogP contribution is 2.28. The van der Waals surface area contributed by atoms with Crippen LogP contribution in [0.2, 0.25) is 0 Å². The molecule has 0 radical (unpaired) electrons. The van der Waals surface area contributed by atoms with Crippen LogP contribution in [0, 0.1) is 0 Å². The molecule has 124 valence electrons. The second-order valence-corrected chi connectivity index (χ2v) is 5.37. The molecule has 1 N–H and O–H groups in total. The van der Waals surface area contributed by atoms with E-state index in [-0.39, 0.29) is 12.6 Å². The maximum Gasteiger partial charge on any atom is 0.417 e. The van der Waals surface area contributed by atoms with Crippen LogP contribution in [0.15, 0.2) is 23.1 Å². The lowest BCUT2D eigenvalue weighted by Crippen LogP contribution is -2.44. The molecule has 1 aromatic heterocycles. The molecular formula is C14H19F3N2O3. The Morgan fingerprint density at radius 1 is 1.32 bits per heavy atom. The highest BCUT2D eigenvalue weighted by Gasteiger charge is 2.31. The number of hydrogen-bond acceptors (Lipinski definition) is 3. The molecule has 0 aliphatic heterocycles. The van der Waals surface area contributed by atoms with Crippen LogP contribution < -0.4 is 5.56 Å². The minimum atomic E-state index is -4.59. The van der Waals surface area contributed by atoms with Gasteiger partial charge in [-0.15, -0.1) is 0 Å². The van der Waals surface area contributed by atoms with Crippen LogP contribution in [-0.2, 0) is 17.5 Å². The molecule has 8 heteroatoms. The predicted octanol–water partition coefficient (Wildman–Crippen LogP) is 1.48. The maximum absolute atomic E-state index is 12.7. The number of rotatable bonds is 5. The van der Waals surface area contributed by atoms with E-state index in [0.717, 1.165) is 10.6 Å². The summed E-state index contributed by atoms with van der Waals surface area (Å²) in [4.78, 5) is 25.1. The van der Waals surface area contributed by atoms with E-state index in [9.17, 15) is 27.9 Å². The largest absolute Gasteiger partial charge is 0.417 e. The summed E-state index contributed by atoms with van der Waals surface area (Å²) < 4.78 is 38.7. The van der Waals surface area contributed by atoms with Crippen molar-refractivity contribution in [1.29, 1.82) is 0 Å². The van der Waals surface area contributed by atoms with Gasteiger partial charge < -0.3 is 14.6 Å². The molecular weight excluding hydrogens is 301 g/mol. The van der Waals surface area contributed by atoms with Crippen molar-refractivity contribution in [3.63, 3.8) is 0 Å². The Morgan fingerprint density at radius 3 is 2.36 bits per heavy atom. The highest BCUT2D eigenvalue weighted by molar-refractivity contribution is 5.76. The van der Waals surface area contributed by atoms with Crippen molar-refractivity contribution in [2.45, 2.75) is 45.6 Å².